The van der Waals surface area contributed by atoms with E-state index in [1.54, 1.807) is 16.7 Å². The molecule has 2 fully saturated rings. The lowest BCUT2D eigenvalue weighted by molar-refractivity contribution is -0.151. The Bertz CT molecular complexity index is 704. The number of benzene rings is 1. The molecule has 1 saturated carbocycles. The van der Waals surface area contributed by atoms with Crippen LogP contribution < -0.4 is 4.90 Å². The number of carboxylic acid groups (broad SMARTS) is 1. The fourth-order valence-electron chi connectivity index (χ4n) is 3.27. The van der Waals surface area contributed by atoms with Crippen molar-refractivity contribution in [3.63, 3.8) is 0 Å². The zero-order chi connectivity index (χ0) is 18.1. The quantitative estimate of drug-likeness (QED) is 0.785. The number of hydrogen-bond acceptors (Lipinski definition) is 4. The Morgan fingerprint density at radius 1 is 1.36 bits per heavy atom. The Morgan fingerprint density at radius 3 is 2.68 bits per heavy atom. The van der Waals surface area contributed by atoms with E-state index in [4.69, 9.17) is 0 Å². The van der Waals surface area contributed by atoms with Crippen LogP contribution in [0.3, 0.4) is 0 Å². The molecule has 1 saturated heterocycles. The van der Waals surface area contributed by atoms with E-state index in [2.05, 4.69) is 0 Å². The standard InChI is InChI=1S/C18H22N2O4S/c1-11(18(23)24)20(13-6-7-13)17(22)12-8-16(21)19(10-12)14-4-3-5-15(9-14)25-2/h3-5,9,11-13H,6-8,10H2,1-2H3,(H,23,24). The molecule has 1 heterocycles. The number of aliphatic carboxylic acids is 1. The molecule has 2 unspecified atom stereocenters. The van der Waals surface area contributed by atoms with E-state index in [0.717, 1.165) is 23.4 Å². The van der Waals surface area contributed by atoms with Crippen molar-refractivity contribution in [2.75, 3.05) is 17.7 Å². The molecule has 2 amide bonds. The van der Waals surface area contributed by atoms with Crippen molar-refractivity contribution in [1.29, 1.82) is 0 Å². The summed E-state index contributed by atoms with van der Waals surface area (Å²) in [5.41, 5.74) is 0.788. The summed E-state index contributed by atoms with van der Waals surface area (Å²) in [5, 5.41) is 9.29. The summed E-state index contributed by atoms with van der Waals surface area (Å²) in [4.78, 5) is 40.8. The number of thioether (sulfide) groups is 1. The second-order valence-corrected chi connectivity index (χ2v) is 7.48. The van der Waals surface area contributed by atoms with Crippen LogP contribution in [0.2, 0.25) is 0 Å². The summed E-state index contributed by atoms with van der Waals surface area (Å²) >= 11 is 1.60. The fourth-order valence-corrected chi connectivity index (χ4v) is 3.72. The van der Waals surface area contributed by atoms with Crippen molar-refractivity contribution in [1.82, 2.24) is 4.90 Å². The van der Waals surface area contributed by atoms with E-state index in [9.17, 15) is 19.5 Å². The van der Waals surface area contributed by atoms with Crippen molar-refractivity contribution in [3.8, 4) is 0 Å². The topological polar surface area (TPSA) is 77.9 Å². The number of carbonyl (C=O) groups excluding carboxylic acids is 2. The van der Waals surface area contributed by atoms with Crippen LogP contribution in [0.15, 0.2) is 29.2 Å². The van der Waals surface area contributed by atoms with Gasteiger partial charge in [-0.05, 0) is 44.2 Å². The Kier molecular flexibility index (Phi) is 5.03. The monoisotopic (exact) mass is 362 g/mol. The van der Waals surface area contributed by atoms with E-state index in [1.165, 1.54) is 11.8 Å². The van der Waals surface area contributed by atoms with Crippen LogP contribution >= 0.6 is 11.8 Å². The molecule has 3 rings (SSSR count). The average molecular weight is 362 g/mol. The molecule has 0 radical (unpaired) electrons. The van der Waals surface area contributed by atoms with Crippen LogP contribution in [0.5, 0.6) is 0 Å². The Morgan fingerprint density at radius 2 is 2.08 bits per heavy atom. The minimum Gasteiger partial charge on any atom is -0.480 e. The third-order valence-corrected chi connectivity index (χ3v) is 5.53. The van der Waals surface area contributed by atoms with Gasteiger partial charge in [0.05, 0.1) is 5.92 Å². The van der Waals surface area contributed by atoms with Gasteiger partial charge in [0.25, 0.3) is 0 Å². The third kappa shape index (κ3) is 3.66. The van der Waals surface area contributed by atoms with Crippen LogP contribution in [-0.4, -0.2) is 52.7 Å². The zero-order valence-electron chi connectivity index (χ0n) is 14.3. The maximum atomic E-state index is 12.9. The van der Waals surface area contributed by atoms with Gasteiger partial charge in [-0.15, -0.1) is 11.8 Å². The maximum absolute atomic E-state index is 12.9. The first-order valence-corrected chi connectivity index (χ1v) is 9.64. The molecule has 1 N–H and O–H groups in total. The summed E-state index contributed by atoms with van der Waals surface area (Å²) in [5.74, 6) is -1.79. The Labute approximate surface area is 151 Å². The highest BCUT2D eigenvalue weighted by atomic mass is 32.2. The molecule has 2 atom stereocenters. The van der Waals surface area contributed by atoms with Gasteiger partial charge >= 0.3 is 5.97 Å². The lowest BCUT2D eigenvalue weighted by Gasteiger charge is -2.29. The third-order valence-electron chi connectivity index (χ3n) is 4.81. The first-order chi connectivity index (χ1) is 11.9. The number of carbonyl (C=O) groups is 3. The highest BCUT2D eigenvalue weighted by Gasteiger charge is 2.44. The van der Waals surface area contributed by atoms with E-state index in [0.29, 0.717) is 6.54 Å². The van der Waals surface area contributed by atoms with E-state index >= 15 is 0 Å². The number of rotatable bonds is 6. The largest absolute Gasteiger partial charge is 0.480 e. The number of nitrogens with zero attached hydrogens (tertiary/aromatic N) is 2. The first kappa shape index (κ1) is 17.8. The van der Waals surface area contributed by atoms with Crippen molar-refractivity contribution in [2.45, 2.75) is 43.2 Å². The zero-order valence-corrected chi connectivity index (χ0v) is 15.2. The van der Waals surface area contributed by atoms with Gasteiger partial charge in [-0.2, -0.15) is 0 Å². The minimum absolute atomic E-state index is 0.00238. The maximum Gasteiger partial charge on any atom is 0.326 e. The van der Waals surface area contributed by atoms with E-state index < -0.39 is 17.9 Å². The van der Waals surface area contributed by atoms with Gasteiger partial charge in [-0.1, -0.05) is 6.07 Å². The first-order valence-electron chi connectivity index (χ1n) is 8.41. The molecule has 25 heavy (non-hydrogen) atoms. The van der Waals surface area contributed by atoms with Gasteiger partial charge < -0.3 is 14.9 Å². The number of hydrogen-bond donors (Lipinski definition) is 1. The summed E-state index contributed by atoms with van der Waals surface area (Å²) < 4.78 is 0. The predicted octanol–water partition coefficient (Wildman–Crippen LogP) is 2.23. The number of amides is 2. The van der Waals surface area contributed by atoms with Crippen LogP contribution in [-0.2, 0) is 14.4 Å². The summed E-state index contributed by atoms with van der Waals surface area (Å²) in [6, 6.07) is 6.82. The molecule has 7 heteroatoms. The lowest BCUT2D eigenvalue weighted by Crippen LogP contribution is -2.47. The van der Waals surface area contributed by atoms with Crippen LogP contribution in [0.1, 0.15) is 26.2 Å². The highest BCUT2D eigenvalue weighted by molar-refractivity contribution is 7.98. The Hall–Kier alpha value is -2.02. The van der Waals surface area contributed by atoms with Gasteiger partial charge in [0.1, 0.15) is 6.04 Å². The lowest BCUT2D eigenvalue weighted by atomic mass is 10.1. The molecule has 1 aliphatic heterocycles. The summed E-state index contributed by atoms with van der Waals surface area (Å²) in [6.07, 6.45) is 3.78. The molecule has 134 valence electrons. The van der Waals surface area contributed by atoms with Gasteiger partial charge in [0.15, 0.2) is 0 Å². The molecule has 0 bridgehead atoms. The fraction of sp³-hybridized carbons (Fsp3) is 0.500. The van der Waals surface area contributed by atoms with Gasteiger partial charge in [-0.25, -0.2) is 4.79 Å². The van der Waals surface area contributed by atoms with Crippen molar-refractivity contribution < 1.29 is 19.5 Å². The van der Waals surface area contributed by atoms with E-state index in [1.807, 2.05) is 30.5 Å². The molecule has 1 aromatic rings. The second-order valence-electron chi connectivity index (χ2n) is 6.60. The van der Waals surface area contributed by atoms with Gasteiger partial charge in [0.2, 0.25) is 11.8 Å². The number of anilines is 1. The van der Waals surface area contributed by atoms with Crippen molar-refractivity contribution >= 4 is 35.2 Å². The molecular weight excluding hydrogens is 340 g/mol. The predicted molar refractivity (Wildman–Crippen MR) is 95.6 cm³/mol. The van der Waals surface area contributed by atoms with Crippen molar-refractivity contribution in [2.24, 2.45) is 5.92 Å². The van der Waals surface area contributed by atoms with Crippen LogP contribution in [0, 0.1) is 5.92 Å². The van der Waals surface area contributed by atoms with Crippen LogP contribution in [0.4, 0.5) is 5.69 Å². The normalized spacial score (nSPS) is 21.3. The molecule has 0 spiro atoms. The summed E-state index contributed by atoms with van der Waals surface area (Å²) in [6.45, 7) is 1.85. The molecular formula is C18H22N2O4S. The highest BCUT2D eigenvalue weighted by Crippen LogP contribution is 2.34. The number of carboxylic acids is 1. The molecule has 1 aliphatic carbocycles. The molecule has 2 aliphatic rings. The van der Waals surface area contributed by atoms with Gasteiger partial charge in [-0.3, -0.25) is 9.59 Å². The molecule has 0 aromatic heterocycles. The average Bonchev–Trinajstić information content (AvgIpc) is 3.35. The van der Waals surface area contributed by atoms with Crippen LogP contribution in [0.25, 0.3) is 0 Å². The molecule has 1 aromatic carbocycles. The molecule has 6 nitrogen and oxygen atoms in total. The van der Waals surface area contributed by atoms with Crippen molar-refractivity contribution in [3.05, 3.63) is 24.3 Å². The Balaban J connectivity index is 1.76. The smallest absolute Gasteiger partial charge is 0.326 e. The second kappa shape index (κ2) is 7.07. The minimum atomic E-state index is -1.01. The van der Waals surface area contributed by atoms with Gasteiger partial charge in [0, 0.05) is 29.6 Å². The van der Waals surface area contributed by atoms with E-state index in [-0.39, 0.29) is 24.3 Å². The summed E-state index contributed by atoms with van der Waals surface area (Å²) in [7, 11) is 0. The SMILES string of the molecule is CSc1cccc(N2CC(C(=O)N(C3CC3)C(C)C(=O)O)CC2=O)c1.